The summed E-state index contributed by atoms with van der Waals surface area (Å²) in [5.74, 6) is 0. The molecule has 19 heavy (non-hydrogen) atoms. The van der Waals surface area contributed by atoms with Crippen LogP contribution in [0.1, 0.15) is 11.1 Å². The Morgan fingerprint density at radius 1 is 1.05 bits per heavy atom. The van der Waals surface area contributed by atoms with Crippen LogP contribution in [0.2, 0.25) is 0 Å². The van der Waals surface area contributed by atoms with Crippen LogP contribution in [0, 0.1) is 18.5 Å². The first kappa shape index (κ1) is 12.0. The molecule has 0 unspecified atom stereocenters. The summed E-state index contributed by atoms with van der Waals surface area (Å²) in [5.41, 5.74) is 5.07. The monoisotopic (exact) mass is 267 g/mol. The molecule has 2 heterocycles. The molecule has 0 aliphatic carbocycles. The zero-order valence-electron chi connectivity index (χ0n) is 10.8. The van der Waals surface area contributed by atoms with E-state index in [-0.39, 0.29) is 0 Å². The summed E-state index contributed by atoms with van der Waals surface area (Å²) in [6, 6.07) is 10.1. The largest absolute Gasteiger partial charge is 0.267 e. The summed E-state index contributed by atoms with van der Waals surface area (Å²) < 4.78 is 0.689. The number of hydrogen-bond donors (Lipinski definition) is 1. The molecular formula is C15H13N3S. The fourth-order valence-electron chi connectivity index (χ4n) is 2.18. The molecule has 0 saturated heterocycles. The molecule has 0 amide bonds. The van der Waals surface area contributed by atoms with Gasteiger partial charge in [0.25, 0.3) is 0 Å². The second-order valence-corrected chi connectivity index (χ2v) is 4.94. The molecular weight excluding hydrogens is 254 g/mol. The Kier molecular flexibility index (Phi) is 2.87. The topological polar surface area (TPSA) is 41.6 Å². The maximum absolute atomic E-state index is 5.21. The minimum Gasteiger partial charge on any atom is -0.267 e. The number of benzene rings is 1. The van der Waals surface area contributed by atoms with Crippen molar-refractivity contribution in [3.05, 3.63) is 52.3 Å². The van der Waals surface area contributed by atoms with Crippen molar-refractivity contribution in [2.24, 2.45) is 0 Å². The molecule has 3 aromatic rings. The minimum atomic E-state index is 0.689. The molecule has 3 rings (SSSR count). The number of nitrogens with one attached hydrogen (secondary N) is 1. The molecule has 0 bridgehead atoms. The molecule has 0 atom stereocenters. The van der Waals surface area contributed by atoms with Crippen LogP contribution in [0.5, 0.6) is 0 Å². The predicted octanol–water partition coefficient (Wildman–Crippen LogP) is 3.97. The lowest BCUT2D eigenvalue weighted by Crippen LogP contribution is -1.97. The molecule has 1 N–H and O–H groups in total. The van der Waals surface area contributed by atoms with Gasteiger partial charge in [0.15, 0.2) is 0 Å². The third kappa shape index (κ3) is 1.94. The van der Waals surface area contributed by atoms with Crippen molar-refractivity contribution in [3.8, 4) is 11.3 Å². The lowest BCUT2D eigenvalue weighted by molar-refractivity contribution is 0.987. The van der Waals surface area contributed by atoms with Crippen LogP contribution in [-0.4, -0.2) is 15.2 Å². The van der Waals surface area contributed by atoms with Crippen LogP contribution in [0.15, 0.2) is 36.5 Å². The summed E-state index contributed by atoms with van der Waals surface area (Å²) in [7, 11) is 0. The van der Waals surface area contributed by atoms with E-state index in [1.165, 1.54) is 0 Å². The fraction of sp³-hybridized carbons (Fsp3) is 0.133. The Bertz CT molecular complexity index is 816. The van der Waals surface area contributed by atoms with Gasteiger partial charge < -0.3 is 0 Å². The van der Waals surface area contributed by atoms with E-state index in [1.54, 1.807) is 6.20 Å². The molecule has 0 aliphatic heterocycles. The lowest BCUT2D eigenvalue weighted by Gasteiger charge is -2.09. The van der Waals surface area contributed by atoms with E-state index < -0.39 is 0 Å². The number of nitrogens with zero attached hydrogens (tertiary/aromatic N) is 2. The Morgan fingerprint density at radius 2 is 1.84 bits per heavy atom. The standard InChI is InChI=1S/C15H13N3S/c1-9-10(2)15(19)18-17-13(9)12-7-3-5-11-6-4-8-16-14(11)12/h3-8H,1-2H3,(H,18,19). The fourth-order valence-corrected chi connectivity index (χ4v) is 2.38. The highest BCUT2D eigenvalue weighted by molar-refractivity contribution is 7.71. The van der Waals surface area contributed by atoms with E-state index in [9.17, 15) is 0 Å². The first-order valence-electron chi connectivity index (χ1n) is 6.08. The third-order valence-electron chi connectivity index (χ3n) is 3.42. The van der Waals surface area contributed by atoms with Crippen LogP contribution in [0.3, 0.4) is 0 Å². The number of rotatable bonds is 1. The summed E-state index contributed by atoms with van der Waals surface area (Å²) in [6.07, 6.45) is 1.80. The average Bonchev–Trinajstić information content (AvgIpc) is 2.45. The highest BCUT2D eigenvalue weighted by Gasteiger charge is 2.11. The highest BCUT2D eigenvalue weighted by atomic mass is 32.1. The van der Waals surface area contributed by atoms with Gasteiger partial charge in [-0.05, 0) is 31.0 Å². The lowest BCUT2D eigenvalue weighted by atomic mass is 10.0. The van der Waals surface area contributed by atoms with Gasteiger partial charge in [-0.3, -0.25) is 10.1 Å². The average molecular weight is 267 g/mol. The molecule has 1 aromatic carbocycles. The maximum Gasteiger partial charge on any atom is 0.122 e. The Labute approximate surface area is 116 Å². The molecule has 3 nitrogen and oxygen atoms in total. The van der Waals surface area contributed by atoms with Crippen molar-refractivity contribution in [1.82, 2.24) is 15.2 Å². The smallest absolute Gasteiger partial charge is 0.122 e. The zero-order valence-corrected chi connectivity index (χ0v) is 11.6. The van der Waals surface area contributed by atoms with Crippen LogP contribution in [0.4, 0.5) is 0 Å². The first-order chi connectivity index (χ1) is 9.18. The number of fused-ring (bicyclic) bond motifs is 1. The van der Waals surface area contributed by atoms with Gasteiger partial charge in [-0.1, -0.05) is 36.5 Å². The normalized spacial score (nSPS) is 10.8. The Hall–Kier alpha value is -2.07. The van der Waals surface area contributed by atoms with E-state index in [2.05, 4.69) is 27.3 Å². The number of hydrogen-bond acceptors (Lipinski definition) is 3. The zero-order chi connectivity index (χ0) is 13.4. The predicted molar refractivity (Wildman–Crippen MR) is 79.6 cm³/mol. The van der Waals surface area contributed by atoms with Gasteiger partial charge in [-0.25, -0.2) is 0 Å². The second kappa shape index (κ2) is 4.55. The van der Waals surface area contributed by atoms with Crippen molar-refractivity contribution in [2.75, 3.05) is 0 Å². The molecule has 2 aromatic heterocycles. The molecule has 0 saturated carbocycles. The van der Waals surface area contributed by atoms with Crippen molar-refractivity contribution in [1.29, 1.82) is 0 Å². The summed E-state index contributed by atoms with van der Waals surface area (Å²) >= 11 is 5.21. The van der Waals surface area contributed by atoms with Crippen molar-refractivity contribution < 1.29 is 0 Å². The number of H-pyrrole nitrogens is 1. The summed E-state index contributed by atoms with van der Waals surface area (Å²) in [6.45, 7) is 4.06. The van der Waals surface area contributed by atoms with Crippen LogP contribution in [-0.2, 0) is 0 Å². The van der Waals surface area contributed by atoms with Gasteiger partial charge >= 0.3 is 0 Å². The van der Waals surface area contributed by atoms with E-state index in [0.717, 1.165) is 33.3 Å². The van der Waals surface area contributed by atoms with Gasteiger partial charge in [-0.15, -0.1) is 0 Å². The van der Waals surface area contributed by atoms with Crippen molar-refractivity contribution >= 4 is 23.1 Å². The van der Waals surface area contributed by atoms with E-state index in [0.29, 0.717) is 4.64 Å². The van der Waals surface area contributed by atoms with E-state index >= 15 is 0 Å². The number of pyridine rings is 1. The van der Waals surface area contributed by atoms with Crippen LogP contribution >= 0.6 is 12.2 Å². The molecule has 94 valence electrons. The molecule has 0 aliphatic rings. The third-order valence-corrected chi connectivity index (χ3v) is 3.81. The molecule has 0 radical (unpaired) electrons. The summed E-state index contributed by atoms with van der Waals surface area (Å²) in [5, 5.41) is 8.41. The van der Waals surface area contributed by atoms with Gasteiger partial charge in [0.2, 0.25) is 0 Å². The van der Waals surface area contributed by atoms with Gasteiger partial charge in [0.1, 0.15) is 4.64 Å². The van der Waals surface area contributed by atoms with E-state index in [4.69, 9.17) is 12.2 Å². The highest BCUT2D eigenvalue weighted by Crippen LogP contribution is 2.28. The molecule has 0 fully saturated rings. The first-order valence-corrected chi connectivity index (χ1v) is 6.49. The maximum atomic E-state index is 5.21. The minimum absolute atomic E-state index is 0.689. The van der Waals surface area contributed by atoms with E-state index in [1.807, 2.05) is 32.0 Å². The van der Waals surface area contributed by atoms with Crippen LogP contribution < -0.4 is 0 Å². The molecule has 0 spiro atoms. The second-order valence-electron chi connectivity index (χ2n) is 4.53. The van der Waals surface area contributed by atoms with Gasteiger partial charge in [-0.2, -0.15) is 5.10 Å². The number of para-hydroxylation sites is 1. The van der Waals surface area contributed by atoms with Gasteiger partial charge in [0, 0.05) is 17.1 Å². The quantitative estimate of drug-likeness (QED) is 0.678. The SMILES string of the molecule is Cc1c(-c2cccc3cccnc23)n[nH]c(=S)c1C. The number of aromatic nitrogens is 3. The Morgan fingerprint density at radius 3 is 2.68 bits per heavy atom. The van der Waals surface area contributed by atoms with Crippen molar-refractivity contribution in [3.63, 3.8) is 0 Å². The van der Waals surface area contributed by atoms with Crippen molar-refractivity contribution in [2.45, 2.75) is 13.8 Å². The Balaban J connectivity index is 2.37. The summed E-state index contributed by atoms with van der Waals surface area (Å²) in [4.78, 5) is 4.47. The van der Waals surface area contributed by atoms with Gasteiger partial charge in [0.05, 0.1) is 11.2 Å². The molecule has 4 heteroatoms. The van der Waals surface area contributed by atoms with Crippen LogP contribution in [0.25, 0.3) is 22.2 Å². The number of aromatic amines is 1.